The molecular formula is C15H13BrClNO3. The summed E-state index contributed by atoms with van der Waals surface area (Å²) in [6.45, 7) is 0. The standard InChI is InChI=1S/C15H13BrClNO3/c16-9-2-1-7(5-10(9)17)18-14(19)12-6-3-8-11(4-6)21-15(20)13(8)12/h1-2,5-6,8,11-13H,3-4H2,(H,18,19)/t6-,8+,11-,12-,13+/m1/s1. The van der Waals surface area contributed by atoms with E-state index in [2.05, 4.69) is 21.2 Å². The molecule has 6 heteroatoms. The molecule has 4 nitrogen and oxygen atoms in total. The van der Waals surface area contributed by atoms with Crippen LogP contribution in [0.4, 0.5) is 5.69 Å². The average molecular weight is 371 g/mol. The maximum Gasteiger partial charge on any atom is 0.310 e. The van der Waals surface area contributed by atoms with Crippen LogP contribution in [0.15, 0.2) is 22.7 Å². The molecule has 110 valence electrons. The topological polar surface area (TPSA) is 55.4 Å². The third-order valence-electron chi connectivity index (χ3n) is 4.97. The quantitative estimate of drug-likeness (QED) is 0.813. The number of anilines is 1. The molecule has 0 aromatic heterocycles. The molecule has 4 rings (SSSR count). The van der Waals surface area contributed by atoms with E-state index in [-0.39, 0.29) is 41.7 Å². The number of halogens is 2. The molecule has 1 aromatic rings. The molecule has 1 aliphatic heterocycles. The van der Waals surface area contributed by atoms with Gasteiger partial charge in [-0.05, 0) is 52.9 Å². The largest absolute Gasteiger partial charge is 0.462 e. The van der Waals surface area contributed by atoms with Gasteiger partial charge in [0.15, 0.2) is 0 Å². The summed E-state index contributed by atoms with van der Waals surface area (Å²) in [7, 11) is 0. The molecule has 2 aliphatic carbocycles. The van der Waals surface area contributed by atoms with E-state index in [1.54, 1.807) is 18.2 Å². The number of hydrogen-bond acceptors (Lipinski definition) is 3. The van der Waals surface area contributed by atoms with Gasteiger partial charge in [-0.25, -0.2) is 0 Å². The highest BCUT2D eigenvalue weighted by Crippen LogP contribution is 2.57. The zero-order valence-corrected chi connectivity index (χ0v) is 13.4. The van der Waals surface area contributed by atoms with Gasteiger partial charge in [-0.3, -0.25) is 9.59 Å². The molecule has 1 saturated heterocycles. The van der Waals surface area contributed by atoms with Crippen molar-refractivity contribution in [1.82, 2.24) is 0 Å². The van der Waals surface area contributed by atoms with E-state index in [0.717, 1.165) is 17.3 Å². The number of fused-ring (bicyclic) bond motifs is 1. The lowest BCUT2D eigenvalue weighted by Gasteiger charge is -2.23. The van der Waals surface area contributed by atoms with E-state index in [1.807, 2.05) is 0 Å². The van der Waals surface area contributed by atoms with E-state index >= 15 is 0 Å². The van der Waals surface area contributed by atoms with Crippen molar-refractivity contribution in [3.8, 4) is 0 Å². The second kappa shape index (κ2) is 4.71. The van der Waals surface area contributed by atoms with Gasteiger partial charge in [-0.15, -0.1) is 0 Å². The maximum absolute atomic E-state index is 12.6. The zero-order chi connectivity index (χ0) is 14.7. The third-order valence-corrected chi connectivity index (χ3v) is 6.21. The summed E-state index contributed by atoms with van der Waals surface area (Å²) in [6.07, 6.45) is 1.81. The highest BCUT2D eigenvalue weighted by molar-refractivity contribution is 9.10. The normalized spacial score (nSPS) is 35.9. The van der Waals surface area contributed by atoms with Gasteiger partial charge in [0, 0.05) is 16.1 Å². The summed E-state index contributed by atoms with van der Waals surface area (Å²) in [4.78, 5) is 24.5. The van der Waals surface area contributed by atoms with Crippen molar-refractivity contribution in [2.24, 2.45) is 23.7 Å². The molecular weight excluding hydrogens is 358 g/mol. The number of benzene rings is 1. The minimum atomic E-state index is -0.260. The van der Waals surface area contributed by atoms with Crippen LogP contribution in [0.25, 0.3) is 0 Å². The number of amides is 1. The predicted octanol–water partition coefficient (Wildman–Crippen LogP) is 3.24. The smallest absolute Gasteiger partial charge is 0.310 e. The second-order valence-corrected chi connectivity index (χ2v) is 7.30. The van der Waals surface area contributed by atoms with Crippen molar-refractivity contribution in [2.75, 3.05) is 5.32 Å². The van der Waals surface area contributed by atoms with Gasteiger partial charge >= 0.3 is 5.97 Å². The summed E-state index contributed by atoms with van der Waals surface area (Å²) < 4.78 is 6.14. The van der Waals surface area contributed by atoms with Crippen molar-refractivity contribution in [2.45, 2.75) is 18.9 Å². The Kier molecular flexibility index (Phi) is 3.05. The van der Waals surface area contributed by atoms with E-state index in [0.29, 0.717) is 10.7 Å². The van der Waals surface area contributed by atoms with Crippen LogP contribution in [0.1, 0.15) is 12.8 Å². The minimum Gasteiger partial charge on any atom is -0.462 e. The summed E-state index contributed by atoms with van der Waals surface area (Å²) in [5, 5.41) is 3.43. The molecule has 1 heterocycles. The Morgan fingerprint density at radius 3 is 2.95 bits per heavy atom. The van der Waals surface area contributed by atoms with Crippen LogP contribution in [0.3, 0.4) is 0 Å². The number of hydrogen-bond donors (Lipinski definition) is 1. The monoisotopic (exact) mass is 369 g/mol. The number of rotatable bonds is 2. The minimum absolute atomic E-state index is 0.0543. The van der Waals surface area contributed by atoms with Crippen LogP contribution in [-0.4, -0.2) is 18.0 Å². The first-order valence-electron chi connectivity index (χ1n) is 7.01. The highest BCUT2D eigenvalue weighted by Gasteiger charge is 2.63. The predicted molar refractivity (Wildman–Crippen MR) is 80.9 cm³/mol. The first kappa shape index (κ1) is 13.6. The zero-order valence-electron chi connectivity index (χ0n) is 11.0. The van der Waals surface area contributed by atoms with Gasteiger partial charge < -0.3 is 10.1 Å². The summed E-state index contributed by atoms with van der Waals surface area (Å²) in [5.74, 6) is -0.292. The summed E-state index contributed by atoms with van der Waals surface area (Å²) in [6, 6.07) is 5.28. The molecule has 1 aromatic carbocycles. The summed E-state index contributed by atoms with van der Waals surface area (Å²) in [5.41, 5.74) is 0.652. The molecule has 1 amide bonds. The number of esters is 1. The van der Waals surface area contributed by atoms with Gasteiger partial charge in [0.05, 0.1) is 16.9 Å². The van der Waals surface area contributed by atoms with Gasteiger partial charge in [-0.2, -0.15) is 0 Å². The molecule has 21 heavy (non-hydrogen) atoms. The van der Waals surface area contributed by atoms with E-state index < -0.39 is 0 Å². The maximum atomic E-state index is 12.6. The van der Waals surface area contributed by atoms with Crippen molar-refractivity contribution in [3.63, 3.8) is 0 Å². The molecule has 3 fully saturated rings. The van der Waals surface area contributed by atoms with Crippen molar-refractivity contribution in [1.29, 1.82) is 0 Å². The lowest BCUT2D eigenvalue weighted by atomic mass is 9.79. The Morgan fingerprint density at radius 2 is 2.19 bits per heavy atom. The molecule has 1 N–H and O–H groups in total. The Bertz CT molecular complexity index is 648. The van der Waals surface area contributed by atoms with Crippen LogP contribution in [-0.2, 0) is 14.3 Å². The van der Waals surface area contributed by atoms with Gasteiger partial charge in [0.2, 0.25) is 5.91 Å². The van der Waals surface area contributed by atoms with E-state index in [4.69, 9.17) is 16.3 Å². The van der Waals surface area contributed by atoms with Crippen LogP contribution >= 0.6 is 27.5 Å². The van der Waals surface area contributed by atoms with E-state index in [9.17, 15) is 9.59 Å². The Morgan fingerprint density at radius 1 is 1.38 bits per heavy atom. The average Bonchev–Trinajstić information content (AvgIpc) is 3.04. The third kappa shape index (κ3) is 2.01. The molecule has 2 bridgehead atoms. The number of carbonyl (C=O) groups excluding carboxylic acids is 2. The van der Waals surface area contributed by atoms with Crippen molar-refractivity contribution < 1.29 is 14.3 Å². The molecule has 2 saturated carbocycles. The molecule has 0 spiro atoms. The Balaban J connectivity index is 1.55. The molecule has 5 atom stereocenters. The number of carbonyl (C=O) groups is 2. The highest BCUT2D eigenvalue weighted by atomic mass is 79.9. The van der Waals surface area contributed by atoms with Crippen molar-refractivity contribution >= 4 is 45.1 Å². The van der Waals surface area contributed by atoms with Crippen LogP contribution in [0.2, 0.25) is 5.02 Å². The fourth-order valence-electron chi connectivity index (χ4n) is 4.16. The second-order valence-electron chi connectivity index (χ2n) is 6.04. The Labute approximate surface area is 135 Å². The molecule has 3 aliphatic rings. The van der Waals surface area contributed by atoms with Crippen LogP contribution in [0, 0.1) is 23.7 Å². The first-order chi connectivity index (χ1) is 10.0. The van der Waals surface area contributed by atoms with Crippen molar-refractivity contribution in [3.05, 3.63) is 27.7 Å². The number of ether oxygens (including phenoxy) is 1. The first-order valence-corrected chi connectivity index (χ1v) is 8.18. The molecule has 0 radical (unpaired) electrons. The number of nitrogens with one attached hydrogen (secondary N) is 1. The molecule has 0 unspecified atom stereocenters. The fraction of sp³-hybridized carbons (Fsp3) is 0.467. The van der Waals surface area contributed by atoms with Crippen LogP contribution < -0.4 is 5.32 Å². The lowest BCUT2D eigenvalue weighted by molar-refractivity contribution is -0.145. The SMILES string of the molecule is O=C(Nc1ccc(Br)c(Cl)c1)[C@@H]1[C@@H]2C[C@@H]3[C@@H]1C(=O)O[C@@H]3C2. The lowest BCUT2D eigenvalue weighted by Crippen LogP contribution is -2.35. The Hall–Kier alpha value is -1.07. The van der Waals surface area contributed by atoms with Gasteiger partial charge in [-0.1, -0.05) is 11.6 Å². The summed E-state index contributed by atoms with van der Waals surface area (Å²) >= 11 is 9.35. The van der Waals surface area contributed by atoms with Crippen LogP contribution in [0.5, 0.6) is 0 Å². The van der Waals surface area contributed by atoms with Gasteiger partial charge in [0.1, 0.15) is 6.10 Å². The van der Waals surface area contributed by atoms with Gasteiger partial charge in [0.25, 0.3) is 0 Å². The van der Waals surface area contributed by atoms with E-state index in [1.165, 1.54) is 0 Å². The fourth-order valence-corrected chi connectivity index (χ4v) is 4.59.